The first kappa shape index (κ1) is 23.7. The Kier molecular flexibility index (Phi) is 7.39. The van der Waals surface area contributed by atoms with Crippen LogP contribution in [-0.4, -0.2) is 72.5 Å². The second-order valence-corrected chi connectivity index (χ2v) is 10.4. The third-order valence-electron chi connectivity index (χ3n) is 6.15. The zero-order valence-corrected chi connectivity index (χ0v) is 19.2. The molecular weight excluding hydrogens is 420 g/mol. The van der Waals surface area contributed by atoms with Crippen LogP contribution in [0, 0.1) is 13.8 Å². The number of rotatable bonds is 5. The zero-order valence-electron chi connectivity index (χ0n) is 18.4. The van der Waals surface area contributed by atoms with Crippen molar-refractivity contribution in [1.82, 2.24) is 9.21 Å². The number of amides is 1. The van der Waals surface area contributed by atoms with E-state index >= 15 is 0 Å². The van der Waals surface area contributed by atoms with Crippen LogP contribution in [0.25, 0.3) is 0 Å². The lowest BCUT2D eigenvalue weighted by molar-refractivity contribution is -0.161. The van der Waals surface area contributed by atoms with Crippen LogP contribution in [0.1, 0.15) is 50.2 Å². The Morgan fingerprint density at radius 1 is 1.10 bits per heavy atom. The summed E-state index contributed by atoms with van der Waals surface area (Å²) in [5.41, 5.74) is 1.77. The number of nitrogens with zero attached hydrogens (tertiary/aromatic N) is 2. The maximum Gasteiger partial charge on any atom is 0.325 e. The Morgan fingerprint density at radius 3 is 2.35 bits per heavy atom. The average Bonchev–Trinajstić information content (AvgIpc) is 2.94. The van der Waals surface area contributed by atoms with Crippen molar-refractivity contribution in [3.63, 3.8) is 0 Å². The largest absolute Gasteiger partial charge is 0.451 e. The first-order chi connectivity index (χ1) is 14.6. The Bertz CT molecular complexity index is 924. The molecule has 1 aromatic rings. The Morgan fingerprint density at radius 2 is 1.74 bits per heavy atom. The number of aryl methyl sites for hydroxylation is 2. The van der Waals surface area contributed by atoms with E-state index in [9.17, 15) is 23.1 Å². The number of hydrogen-bond acceptors (Lipinski definition) is 6. The van der Waals surface area contributed by atoms with Crippen molar-refractivity contribution in [2.24, 2.45) is 0 Å². The molecule has 2 unspecified atom stereocenters. The fourth-order valence-corrected chi connectivity index (χ4v) is 5.84. The molecule has 2 aliphatic heterocycles. The molecular formula is C22H32N2O6S. The predicted molar refractivity (Wildman–Crippen MR) is 115 cm³/mol. The third kappa shape index (κ3) is 5.27. The van der Waals surface area contributed by atoms with E-state index in [1.54, 1.807) is 17.0 Å². The van der Waals surface area contributed by atoms with E-state index in [1.807, 2.05) is 13.8 Å². The highest BCUT2D eigenvalue weighted by atomic mass is 32.2. The molecule has 172 valence electrons. The molecule has 1 aromatic carbocycles. The normalized spacial score (nSPS) is 23.9. The van der Waals surface area contributed by atoms with Crippen LogP contribution < -0.4 is 0 Å². The summed E-state index contributed by atoms with van der Waals surface area (Å²) in [5, 5.41) is 10.1. The van der Waals surface area contributed by atoms with Crippen LogP contribution in [0.3, 0.4) is 0 Å². The van der Waals surface area contributed by atoms with Crippen molar-refractivity contribution < 1.29 is 27.9 Å². The maximum atomic E-state index is 13.2. The van der Waals surface area contributed by atoms with Crippen molar-refractivity contribution >= 4 is 21.9 Å². The minimum Gasteiger partial charge on any atom is -0.451 e. The zero-order chi connectivity index (χ0) is 22.8. The molecule has 2 fully saturated rings. The molecule has 0 spiro atoms. The molecule has 0 aromatic heterocycles. The maximum absolute atomic E-state index is 13.2. The van der Waals surface area contributed by atoms with Gasteiger partial charge in [-0.15, -0.1) is 0 Å². The number of ether oxygens (including phenoxy) is 1. The van der Waals surface area contributed by atoms with Gasteiger partial charge in [-0.25, -0.2) is 8.42 Å². The fourth-order valence-electron chi connectivity index (χ4n) is 4.13. The van der Waals surface area contributed by atoms with Crippen LogP contribution in [0.4, 0.5) is 0 Å². The number of likely N-dealkylation sites (tertiary alicyclic amines) is 1. The number of benzene rings is 1. The molecule has 1 amide bonds. The molecule has 1 N–H and O–H groups in total. The lowest BCUT2D eigenvalue weighted by Crippen LogP contribution is -2.45. The van der Waals surface area contributed by atoms with E-state index in [0.29, 0.717) is 13.1 Å². The van der Waals surface area contributed by atoms with Gasteiger partial charge < -0.3 is 14.7 Å². The molecule has 9 heteroatoms. The lowest BCUT2D eigenvalue weighted by Gasteiger charge is -2.27. The minimum atomic E-state index is -4.01. The molecule has 2 saturated heterocycles. The van der Waals surface area contributed by atoms with Crippen molar-refractivity contribution in [1.29, 1.82) is 0 Å². The topological polar surface area (TPSA) is 104 Å². The number of aliphatic hydroxyl groups excluding tert-OH is 1. The number of hydrogen-bond donors (Lipinski definition) is 1. The quantitative estimate of drug-likeness (QED) is 0.683. The third-order valence-corrected chi connectivity index (χ3v) is 8.02. The molecule has 0 radical (unpaired) electrons. The van der Waals surface area contributed by atoms with Gasteiger partial charge in [0, 0.05) is 26.1 Å². The van der Waals surface area contributed by atoms with Crippen molar-refractivity contribution in [3.05, 3.63) is 29.3 Å². The number of esters is 1. The smallest absolute Gasteiger partial charge is 0.325 e. The standard InChI is InChI=1S/C22H32N2O6S/c1-15-8-9-19(12-16(15)2)31(28,29)24-14-18(25)13-20(24)22(27)30-17(3)21(26)23-10-6-4-5-7-11-23/h8-9,12,17-18,20,25H,4-7,10-11,13-14H2,1-3H3/t17?,18?,20-/m0/s1. The summed E-state index contributed by atoms with van der Waals surface area (Å²) in [6.07, 6.45) is 1.94. The summed E-state index contributed by atoms with van der Waals surface area (Å²) in [4.78, 5) is 27.3. The summed E-state index contributed by atoms with van der Waals surface area (Å²) in [5.74, 6) is -1.07. The molecule has 8 nitrogen and oxygen atoms in total. The summed E-state index contributed by atoms with van der Waals surface area (Å²) in [6, 6.07) is 3.60. The highest BCUT2D eigenvalue weighted by Gasteiger charge is 2.45. The molecule has 3 atom stereocenters. The number of carbonyl (C=O) groups is 2. The Balaban J connectivity index is 1.74. The van der Waals surface area contributed by atoms with Gasteiger partial charge in [0.2, 0.25) is 10.0 Å². The number of β-amino-alcohol motifs (C(OH)–C–C–N with tert-alkyl or cyclic N) is 1. The van der Waals surface area contributed by atoms with Gasteiger partial charge in [-0.1, -0.05) is 18.9 Å². The van der Waals surface area contributed by atoms with E-state index in [1.165, 1.54) is 13.0 Å². The molecule has 0 saturated carbocycles. The summed E-state index contributed by atoms with van der Waals surface area (Å²) in [7, 11) is -4.01. The predicted octanol–water partition coefficient (Wildman–Crippen LogP) is 1.76. The summed E-state index contributed by atoms with van der Waals surface area (Å²) < 4.78 is 32.8. The second kappa shape index (κ2) is 9.67. The van der Waals surface area contributed by atoms with Gasteiger partial charge in [-0.05, 0) is 56.9 Å². The van der Waals surface area contributed by atoms with E-state index < -0.39 is 34.2 Å². The van der Waals surface area contributed by atoms with Crippen LogP contribution >= 0.6 is 0 Å². The Hall–Kier alpha value is -1.97. The molecule has 3 rings (SSSR count). The van der Waals surface area contributed by atoms with E-state index in [-0.39, 0.29) is 23.8 Å². The van der Waals surface area contributed by atoms with Gasteiger partial charge in [0.05, 0.1) is 11.0 Å². The molecule has 0 bridgehead atoms. The van der Waals surface area contributed by atoms with Gasteiger partial charge in [0.1, 0.15) is 6.04 Å². The molecule has 31 heavy (non-hydrogen) atoms. The number of carbonyl (C=O) groups excluding carboxylic acids is 2. The van der Waals surface area contributed by atoms with Crippen LogP contribution in [-0.2, 0) is 24.3 Å². The number of aliphatic hydroxyl groups is 1. The highest BCUT2D eigenvalue weighted by molar-refractivity contribution is 7.89. The van der Waals surface area contributed by atoms with E-state index in [2.05, 4.69) is 0 Å². The van der Waals surface area contributed by atoms with Crippen molar-refractivity contribution in [2.75, 3.05) is 19.6 Å². The van der Waals surface area contributed by atoms with Gasteiger partial charge in [-0.3, -0.25) is 9.59 Å². The Labute approximate surface area is 184 Å². The lowest BCUT2D eigenvalue weighted by atomic mass is 10.1. The van der Waals surface area contributed by atoms with Gasteiger partial charge in [0.25, 0.3) is 5.91 Å². The molecule has 0 aliphatic carbocycles. The van der Waals surface area contributed by atoms with Crippen LogP contribution in [0.15, 0.2) is 23.1 Å². The average molecular weight is 453 g/mol. The minimum absolute atomic E-state index is 0.0620. The van der Waals surface area contributed by atoms with Crippen LogP contribution in [0.5, 0.6) is 0 Å². The first-order valence-corrected chi connectivity index (χ1v) is 12.3. The van der Waals surface area contributed by atoms with E-state index in [0.717, 1.165) is 41.1 Å². The first-order valence-electron chi connectivity index (χ1n) is 10.9. The monoisotopic (exact) mass is 452 g/mol. The second-order valence-electron chi connectivity index (χ2n) is 8.54. The summed E-state index contributed by atoms with van der Waals surface area (Å²) in [6.45, 7) is 6.29. The van der Waals surface area contributed by atoms with Crippen molar-refractivity contribution in [2.45, 2.75) is 76.0 Å². The van der Waals surface area contributed by atoms with Gasteiger partial charge in [0.15, 0.2) is 6.10 Å². The molecule has 2 heterocycles. The number of sulfonamides is 1. The fraction of sp³-hybridized carbons (Fsp3) is 0.636. The van der Waals surface area contributed by atoms with Gasteiger partial charge in [-0.2, -0.15) is 4.31 Å². The van der Waals surface area contributed by atoms with Gasteiger partial charge >= 0.3 is 5.97 Å². The highest BCUT2D eigenvalue weighted by Crippen LogP contribution is 2.28. The van der Waals surface area contributed by atoms with E-state index in [4.69, 9.17) is 4.74 Å². The van der Waals surface area contributed by atoms with Crippen LogP contribution in [0.2, 0.25) is 0 Å². The van der Waals surface area contributed by atoms with Crippen molar-refractivity contribution in [3.8, 4) is 0 Å². The molecule has 2 aliphatic rings. The SMILES string of the molecule is Cc1ccc(S(=O)(=O)N2CC(O)C[C@H]2C(=O)OC(C)C(=O)N2CCCCCC2)cc1C. The summed E-state index contributed by atoms with van der Waals surface area (Å²) >= 11 is 0.